The van der Waals surface area contributed by atoms with E-state index in [0.29, 0.717) is 42.6 Å². The highest BCUT2D eigenvalue weighted by atomic mass is 16.5. The van der Waals surface area contributed by atoms with Gasteiger partial charge in [0.05, 0.1) is 24.7 Å². The topological polar surface area (TPSA) is 94.5 Å². The number of nitrogens with zero attached hydrogens (tertiary/aromatic N) is 2. The van der Waals surface area contributed by atoms with Gasteiger partial charge >= 0.3 is 5.97 Å². The number of benzene rings is 1. The fourth-order valence-electron chi connectivity index (χ4n) is 4.82. The fraction of sp³-hybridized carbons (Fsp3) is 0.444. The monoisotopic (exact) mass is 476 g/mol. The second-order valence-electron chi connectivity index (χ2n) is 9.31. The quantitative estimate of drug-likeness (QED) is 0.441. The summed E-state index contributed by atoms with van der Waals surface area (Å²) in [4.78, 5) is 30.8. The van der Waals surface area contributed by atoms with E-state index in [0.717, 1.165) is 43.2 Å². The van der Waals surface area contributed by atoms with Gasteiger partial charge in [-0.25, -0.2) is 9.78 Å². The number of aryl methyl sites for hydroxylation is 2. The van der Waals surface area contributed by atoms with E-state index in [1.54, 1.807) is 6.20 Å². The van der Waals surface area contributed by atoms with Crippen LogP contribution in [0.3, 0.4) is 0 Å². The number of pyridine rings is 1. The number of nitrogens with one attached hydrogen (secondary N) is 2. The molecule has 0 spiro atoms. The molecule has 2 aromatic heterocycles. The molecule has 3 heterocycles. The lowest BCUT2D eigenvalue weighted by molar-refractivity contribution is -0.124. The van der Waals surface area contributed by atoms with Crippen molar-refractivity contribution in [3.05, 3.63) is 53.9 Å². The molecule has 184 valence electrons. The van der Waals surface area contributed by atoms with Crippen molar-refractivity contribution < 1.29 is 19.1 Å². The van der Waals surface area contributed by atoms with Crippen LogP contribution in [0.25, 0.3) is 11.0 Å². The van der Waals surface area contributed by atoms with Gasteiger partial charge in [-0.3, -0.25) is 4.79 Å². The van der Waals surface area contributed by atoms with Crippen LogP contribution in [0.2, 0.25) is 0 Å². The van der Waals surface area contributed by atoms with Crippen LogP contribution < -0.4 is 10.6 Å². The Morgan fingerprint density at radius 2 is 2.00 bits per heavy atom. The molecule has 1 aromatic carbocycles. The van der Waals surface area contributed by atoms with E-state index in [1.807, 2.05) is 28.8 Å². The lowest BCUT2D eigenvalue weighted by atomic mass is 9.93. The van der Waals surface area contributed by atoms with Crippen molar-refractivity contribution >= 4 is 34.3 Å². The average molecular weight is 477 g/mol. The van der Waals surface area contributed by atoms with Crippen molar-refractivity contribution in [3.8, 4) is 0 Å². The second-order valence-corrected chi connectivity index (χ2v) is 9.31. The predicted octanol–water partition coefficient (Wildman–Crippen LogP) is 4.54. The Morgan fingerprint density at radius 1 is 1.17 bits per heavy atom. The molecule has 1 amide bonds. The van der Waals surface area contributed by atoms with Gasteiger partial charge in [-0.15, -0.1) is 0 Å². The highest BCUT2D eigenvalue weighted by molar-refractivity contribution is 6.12. The first kappa shape index (κ1) is 23.4. The molecular weight excluding hydrogens is 444 g/mol. The molecule has 1 aliphatic carbocycles. The lowest BCUT2D eigenvalue weighted by Crippen LogP contribution is -2.28. The van der Waals surface area contributed by atoms with Crippen LogP contribution >= 0.6 is 0 Å². The van der Waals surface area contributed by atoms with Gasteiger partial charge in [0.25, 0.3) is 5.91 Å². The summed E-state index contributed by atoms with van der Waals surface area (Å²) in [6.45, 7) is 1.13. The minimum Gasteiger partial charge on any atom is -0.464 e. The Bertz CT molecular complexity index is 1200. The number of carbonyl (C=O) groups is 2. The molecule has 3 aromatic rings. The molecule has 5 rings (SSSR count). The van der Waals surface area contributed by atoms with Gasteiger partial charge in [-0.1, -0.05) is 30.3 Å². The molecule has 1 atom stereocenters. The van der Waals surface area contributed by atoms with Gasteiger partial charge in [0.15, 0.2) is 5.69 Å². The summed E-state index contributed by atoms with van der Waals surface area (Å²) in [6.07, 6.45) is 7.97. The Labute approximate surface area is 205 Å². The number of amides is 1. The number of hydrogen-bond acceptors (Lipinski definition) is 6. The summed E-state index contributed by atoms with van der Waals surface area (Å²) in [5, 5.41) is 7.23. The molecule has 0 bridgehead atoms. The summed E-state index contributed by atoms with van der Waals surface area (Å²) in [5.74, 6) is -0.743. The zero-order valence-corrected chi connectivity index (χ0v) is 20.1. The zero-order valence-electron chi connectivity index (χ0n) is 20.1. The largest absolute Gasteiger partial charge is 0.464 e. The molecule has 8 nitrogen and oxygen atoms in total. The third-order valence-electron chi connectivity index (χ3n) is 6.91. The van der Waals surface area contributed by atoms with E-state index >= 15 is 0 Å². The number of anilines is 2. The molecule has 2 aliphatic rings. The van der Waals surface area contributed by atoms with Crippen LogP contribution in [-0.2, 0) is 27.2 Å². The number of carbonyl (C=O) groups excluding carboxylic acids is 2. The van der Waals surface area contributed by atoms with Gasteiger partial charge in [-0.05, 0) is 56.6 Å². The molecule has 1 aliphatic heterocycles. The van der Waals surface area contributed by atoms with Crippen LogP contribution in [0.4, 0.5) is 11.4 Å². The summed E-state index contributed by atoms with van der Waals surface area (Å²) in [7, 11) is 1.36. The number of ether oxygens (including phenoxy) is 2. The Morgan fingerprint density at radius 3 is 2.69 bits per heavy atom. The van der Waals surface area contributed by atoms with Gasteiger partial charge in [0.2, 0.25) is 0 Å². The Kier molecular flexibility index (Phi) is 6.99. The molecule has 35 heavy (non-hydrogen) atoms. The van der Waals surface area contributed by atoms with E-state index < -0.39 is 12.1 Å². The molecule has 2 fully saturated rings. The number of rotatable bonds is 9. The minimum atomic E-state index is -0.513. The molecule has 1 saturated heterocycles. The summed E-state index contributed by atoms with van der Waals surface area (Å²) < 4.78 is 12.6. The Balaban J connectivity index is 1.51. The second kappa shape index (κ2) is 10.5. The SMILES string of the molecule is COC(=O)c1c(NC(=O)C2CCCO2)c2cc(NC3CCC3)cnc2n1CCCc1ccccc1. The van der Waals surface area contributed by atoms with Crippen LogP contribution in [0.15, 0.2) is 42.6 Å². The standard InChI is InChI=1S/C27H32N4O4/c1-34-27(33)24-23(30-26(32)22-13-7-15-35-22)21-16-20(29-19-11-5-12-19)17-28-25(21)31(24)14-6-10-18-8-3-2-4-9-18/h2-4,8-9,16-17,19,22,29H,5-7,10-15H2,1H3,(H,30,32). The smallest absolute Gasteiger partial charge is 0.356 e. The molecular formula is C27H32N4O4. The molecule has 1 unspecified atom stereocenters. The van der Waals surface area contributed by atoms with E-state index in [2.05, 4.69) is 22.8 Å². The zero-order chi connectivity index (χ0) is 24.2. The predicted molar refractivity (Wildman–Crippen MR) is 135 cm³/mol. The van der Waals surface area contributed by atoms with Gasteiger partial charge in [0.1, 0.15) is 11.8 Å². The third-order valence-corrected chi connectivity index (χ3v) is 6.91. The van der Waals surface area contributed by atoms with Crippen LogP contribution in [0.5, 0.6) is 0 Å². The maximum Gasteiger partial charge on any atom is 0.356 e. The lowest BCUT2D eigenvalue weighted by Gasteiger charge is -2.27. The van der Waals surface area contributed by atoms with Crippen molar-refractivity contribution in [3.63, 3.8) is 0 Å². The number of fused-ring (bicyclic) bond motifs is 1. The number of hydrogen-bond donors (Lipinski definition) is 2. The van der Waals surface area contributed by atoms with E-state index in [-0.39, 0.29) is 5.91 Å². The first-order valence-electron chi connectivity index (χ1n) is 12.5. The maximum absolute atomic E-state index is 13.0. The van der Waals surface area contributed by atoms with Gasteiger partial charge < -0.3 is 24.7 Å². The molecule has 2 N–H and O–H groups in total. The summed E-state index contributed by atoms with van der Waals surface area (Å²) in [5.41, 5.74) is 3.52. The normalized spacial score (nSPS) is 17.8. The summed E-state index contributed by atoms with van der Waals surface area (Å²) >= 11 is 0. The van der Waals surface area contributed by atoms with Crippen molar-refractivity contribution in [1.82, 2.24) is 9.55 Å². The molecule has 8 heteroatoms. The van der Waals surface area contributed by atoms with Crippen molar-refractivity contribution in [2.45, 2.75) is 63.6 Å². The Hall–Kier alpha value is -3.39. The highest BCUT2D eigenvalue weighted by Gasteiger charge is 2.30. The fourth-order valence-corrected chi connectivity index (χ4v) is 4.82. The van der Waals surface area contributed by atoms with Crippen LogP contribution in [0.1, 0.15) is 54.6 Å². The number of aromatic nitrogens is 2. The third kappa shape index (κ3) is 5.03. The van der Waals surface area contributed by atoms with E-state index in [4.69, 9.17) is 14.5 Å². The minimum absolute atomic E-state index is 0.242. The van der Waals surface area contributed by atoms with Gasteiger partial charge in [-0.2, -0.15) is 0 Å². The van der Waals surface area contributed by atoms with Crippen LogP contribution in [-0.4, -0.2) is 47.3 Å². The summed E-state index contributed by atoms with van der Waals surface area (Å²) in [6, 6.07) is 12.7. The number of methoxy groups -OCH3 is 1. The van der Waals surface area contributed by atoms with E-state index in [1.165, 1.54) is 19.1 Å². The first-order chi connectivity index (χ1) is 17.1. The van der Waals surface area contributed by atoms with E-state index in [9.17, 15) is 9.59 Å². The average Bonchev–Trinajstić information content (AvgIpc) is 3.49. The maximum atomic E-state index is 13.0. The highest BCUT2D eigenvalue weighted by Crippen LogP contribution is 2.34. The van der Waals surface area contributed by atoms with Crippen molar-refractivity contribution in [2.75, 3.05) is 24.4 Å². The first-order valence-corrected chi connectivity index (χ1v) is 12.5. The molecule has 1 saturated carbocycles. The number of esters is 1. The van der Waals surface area contributed by atoms with Crippen molar-refractivity contribution in [2.24, 2.45) is 0 Å². The van der Waals surface area contributed by atoms with Crippen LogP contribution in [0, 0.1) is 0 Å². The van der Waals surface area contributed by atoms with Crippen molar-refractivity contribution in [1.29, 1.82) is 0 Å². The van der Waals surface area contributed by atoms with Gasteiger partial charge in [0, 0.05) is 24.6 Å². The molecule has 0 radical (unpaired) electrons.